The maximum atomic E-state index is 14.1. The highest BCUT2D eigenvalue weighted by molar-refractivity contribution is 6.32. The third kappa shape index (κ3) is 8.26. The first-order valence-electron chi connectivity index (χ1n) is 16.6. The lowest BCUT2D eigenvalue weighted by Crippen LogP contribution is -2.57. The molecule has 3 aromatic carbocycles. The molecular weight excluding hydrogens is 661 g/mol. The molecule has 2 amide bonds. The third-order valence-corrected chi connectivity index (χ3v) is 9.44. The molecule has 5 N–H and O–H groups in total. The number of likely N-dealkylation sites (N-methyl/N-ethyl adjacent to an activating group) is 1. The number of nitrogens with two attached hydrogens (primary N) is 1. The van der Waals surface area contributed by atoms with Gasteiger partial charge in [-0.1, -0.05) is 44.5 Å². The summed E-state index contributed by atoms with van der Waals surface area (Å²) in [5, 5.41) is 10.4. The number of carbonyl (C=O) groups is 2. The van der Waals surface area contributed by atoms with Gasteiger partial charge in [-0.05, 0) is 74.2 Å². The van der Waals surface area contributed by atoms with Gasteiger partial charge in [-0.15, -0.1) is 0 Å². The van der Waals surface area contributed by atoms with Crippen LogP contribution in [-0.4, -0.2) is 65.5 Å². The Balaban J connectivity index is 1.36. The van der Waals surface area contributed by atoms with Crippen LogP contribution >= 0.6 is 11.6 Å². The van der Waals surface area contributed by atoms with Crippen molar-refractivity contribution in [2.45, 2.75) is 65.3 Å². The van der Waals surface area contributed by atoms with Gasteiger partial charge in [0.15, 0.2) is 0 Å². The fourth-order valence-electron chi connectivity index (χ4n) is 6.36. The molecule has 4 aromatic rings. The van der Waals surface area contributed by atoms with Gasteiger partial charge in [-0.3, -0.25) is 9.59 Å². The Morgan fingerprint density at radius 1 is 1.12 bits per heavy atom. The summed E-state index contributed by atoms with van der Waals surface area (Å²) in [5.74, 6) is 0.0391. The van der Waals surface area contributed by atoms with Crippen LogP contribution in [0.15, 0.2) is 60.9 Å². The molecule has 13 heteroatoms. The molecular formula is C37H45ClFN7O4. The maximum Gasteiger partial charge on any atom is 0.247 e. The number of ether oxygens (including phenoxy) is 2. The van der Waals surface area contributed by atoms with E-state index >= 15 is 0 Å². The lowest BCUT2D eigenvalue weighted by atomic mass is 9.73. The van der Waals surface area contributed by atoms with Gasteiger partial charge in [0.05, 0.1) is 29.3 Å². The van der Waals surface area contributed by atoms with Crippen molar-refractivity contribution in [3.63, 3.8) is 0 Å². The van der Waals surface area contributed by atoms with Gasteiger partial charge in [0.2, 0.25) is 11.8 Å². The summed E-state index contributed by atoms with van der Waals surface area (Å²) in [6, 6.07) is 13.6. The largest absolute Gasteiger partial charge is 0.494 e. The summed E-state index contributed by atoms with van der Waals surface area (Å²) in [6.45, 7) is 8.59. The van der Waals surface area contributed by atoms with E-state index < -0.39 is 23.4 Å². The van der Waals surface area contributed by atoms with Crippen molar-refractivity contribution in [1.29, 1.82) is 0 Å². The molecule has 266 valence electrons. The molecule has 11 nitrogen and oxygen atoms in total. The lowest BCUT2D eigenvalue weighted by molar-refractivity contribution is -0.144. The average Bonchev–Trinajstić information content (AvgIpc) is 3.57. The SMILES string of the molecule is CN[C@@H](C)C(N)[C@@H](C(=O)N1CCC[C@H]1C(=O)Nc1cc2c(Nc3ccc(OCc4cccc(F)c4)c(Cl)c3)ncnc2cc1OC)C(C)(C)C. The van der Waals surface area contributed by atoms with E-state index in [0.29, 0.717) is 69.6 Å². The highest BCUT2D eigenvalue weighted by Crippen LogP contribution is 2.37. The lowest BCUT2D eigenvalue weighted by Gasteiger charge is -2.40. The zero-order chi connectivity index (χ0) is 36.2. The molecule has 2 heterocycles. The second kappa shape index (κ2) is 15.6. The number of fused-ring (bicyclic) bond motifs is 1. The van der Waals surface area contributed by atoms with Crippen LogP contribution in [0.1, 0.15) is 46.1 Å². The number of nitrogens with one attached hydrogen (secondary N) is 3. The number of likely N-dealkylation sites (tertiary alicyclic amines) is 1. The van der Waals surface area contributed by atoms with Crippen molar-refractivity contribution in [3.8, 4) is 11.5 Å². The van der Waals surface area contributed by atoms with Gasteiger partial charge < -0.3 is 36.1 Å². The minimum Gasteiger partial charge on any atom is -0.494 e. The minimum absolute atomic E-state index is 0.0981. The molecule has 1 aliphatic rings. The van der Waals surface area contributed by atoms with Gasteiger partial charge in [0, 0.05) is 35.8 Å². The molecule has 1 aromatic heterocycles. The van der Waals surface area contributed by atoms with Crippen molar-refractivity contribution < 1.29 is 23.5 Å². The summed E-state index contributed by atoms with van der Waals surface area (Å²) in [4.78, 5) is 38.5. The highest BCUT2D eigenvalue weighted by Gasteiger charge is 2.44. The number of methoxy groups -OCH3 is 1. The Labute approximate surface area is 297 Å². The first-order valence-corrected chi connectivity index (χ1v) is 17.0. The summed E-state index contributed by atoms with van der Waals surface area (Å²) >= 11 is 6.54. The number of anilines is 3. The van der Waals surface area contributed by atoms with Crippen LogP contribution in [0.3, 0.4) is 0 Å². The van der Waals surface area contributed by atoms with Crippen molar-refractivity contribution in [2.24, 2.45) is 17.1 Å². The molecule has 0 saturated carbocycles. The zero-order valence-electron chi connectivity index (χ0n) is 29.2. The van der Waals surface area contributed by atoms with Crippen LogP contribution in [-0.2, 0) is 16.2 Å². The average molecular weight is 706 g/mol. The molecule has 1 unspecified atom stereocenters. The van der Waals surface area contributed by atoms with E-state index in [1.807, 2.05) is 34.7 Å². The maximum absolute atomic E-state index is 14.1. The van der Waals surface area contributed by atoms with E-state index in [9.17, 15) is 14.0 Å². The Morgan fingerprint density at radius 2 is 1.90 bits per heavy atom. The normalized spacial score (nSPS) is 16.5. The fraction of sp³-hybridized carbons (Fsp3) is 0.405. The minimum atomic E-state index is -0.668. The summed E-state index contributed by atoms with van der Waals surface area (Å²) in [5.41, 5.74) is 8.50. The molecule has 50 heavy (non-hydrogen) atoms. The number of halogens is 2. The monoisotopic (exact) mass is 705 g/mol. The van der Waals surface area contributed by atoms with Crippen molar-refractivity contribution in [3.05, 3.63) is 77.3 Å². The van der Waals surface area contributed by atoms with E-state index in [0.717, 1.165) is 0 Å². The van der Waals surface area contributed by atoms with Crippen LogP contribution in [0.25, 0.3) is 10.9 Å². The third-order valence-electron chi connectivity index (χ3n) is 9.15. The van der Waals surface area contributed by atoms with Gasteiger partial charge in [-0.2, -0.15) is 0 Å². The van der Waals surface area contributed by atoms with Gasteiger partial charge in [-0.25, -0.2) is 14.4 Å². The van der Waals surface area contributed by atoms with Crippen LogP contribution in [0.5, 0.6) is 11.5 Å². The second-order valence-corrected chi connectivity index (χ2v) is 14.1. The van der Waals surface area contributed by atoms with E-state index in [1.54, 1.807) is 47.4 Å². The summed E-state index contributed by atoms with van der Waals surface area (Å²) in [7, 11) is 3.34. The van der Waals surface area contributed by atoms with Crippen LogP contribution in [0, 0.1) is 17.2 Å². The van der Waals surface area contributed by atoms with Gasteiger partial charge in [0.25, 0.3) is 0 Å². The first kappa shape index (κ1) is 36.8. The Morgan fingerprint density at radius 3 is 2.58 bits per heavy atom. The molecule has 0 aliphatic carbocycles. The highest BCUT2D eigenvalue weighted by atomic mass is 35.5. The fourth-order valence-corrected chi connectivity index (χ4v) is 6.60. The smallest absolute Gasteiger partial charge is 0.247 e. The van der Waals surface area contributed by atoms with E-state index in [-0.39, 0.29) is 30.3 Å². The number of hydrogen-bond acceptors (Lipinski definition) is 9. The molecule has 5 rings (SSSR count). The number of rotatable bonds is 12. The van der Waals surface area contributed by atoms with Crippen LogP contribution < -0.4 is 31.2 Å². The van der Waals surface area contributed by atoms with Crippen molar-refractivity contribution in [2.75, 3.05) is 31.3 Å². The van der Waals surface area contributed by atoms with Crippen molar-refractivity contribution in [1.82, 2.24) is 20.2 Å². The topological polar surface area (TPSA) is 144 Å². The van der Waals surface area contributed by atoms with E-state index in [4.69, 9.17) is 26.8 Å². The first-order chi connectivity index (χ1) is 23.8. The number of benzene rings is 3. The number of carbonyl (C=O) groups excluding carboxylic acids is 2. The molecule has 0 radical (unpaired) electrons. The number of nitrogens with zero attached hydrogens (tertiary/aromatic N) is 3. The predicted molar refractivity (Wildman–Crippen MR) is 194 cm³/mol. The number of amides is 2. The van der Waals surface area contributed by atoms with Gasteiger partial charge >= 0.3 is 0 Å². The molecule has 1 aliphatic heterocycles. The van der Waals surface area contributed by atoms with Gasteiger partial charge in [0.1, 0.15) is 42.1 Å². The number of hydrogen-bond donors (Lipinski definition) is 4. The molecule has 4 atom stereocenters. The molecule has 0 spiro atoms. The quantitative estimate of drug-likeness (QED) is 0.134. The zero-order valence-corrected chi connectivity index (χ0v) is 30.0. The Bertz CT molecular complexity index is 1850. The standard InChI is InChI=1S/C37H45ClFN7O4/c1-21(41-5)33(40)32(37(2,3)4)36(48)46-14-8-11-29(46)35(47)45-28-17-25-27(18-31(28)49-6)42-20-43-34(25)44-24-12-13-30(26(38)16-24)50-19-22-9-7-10-23(39)15-22/h7,9-10,12-13,15-18,20-21,29,32-33,41H,8,11,14,19,40H2,1-6H3,(H,45,47)(H,42,43,44)/t21-,29-,32-,33?/m0/s1. The molecule has 1 saturated heterocycles. The summed E-state index contributed by atoms with van der Waals surface area (Å²) < 4.78 is 25.0. The second-order valence-electron chi connectivity index (χ2n) is 13.7. The molecule has 1 fully saturated rings. The Hall–Kier alpha value is -4.52. The number of aromatic nitrogens is 2. The predicted octanol–water partition coefficient (Wildman–Crippen LogP) is 6.28. The van der Waals surface area contributed by atoms with E-state index in [2.05, 4.69) is 25.9 Å². The van der Waals surface area contributed by atoms with Crippen LogP contribution in [0.4, 0.5) is 21.6 Å². The van der Waals surface area contributed by atoms with Crippen LogP contribution in [0.2, 0.25) is 5.02 Å². The Kier molecular flexibility index (Phi) is 11.4. The summed E-state index contributed by atoms with van der Waals surface area (Å²) in [6.07, 6.45) is 2.65. The van der Waals surface area contributed by atoms with Crippen molar-refractivity contribution >= 4 is 51.5 Å². The van der Waals surface area contributed by atoms with E-state index in [1.165, 1.54) is 25.6 Å². The molecule has 0 bridgehead atoms.